The van der Waals surface area contributed by atoms with Gasteiger partial charge in [0, 0.05) is 24.3 Å². The second-order valence-corrected chi connectivity index (χ2v) is 8.48. The number of benzene rings is 1. The number of hydrogen-bond donors (Lipinski definition) is 1. The molecule has 9 heteroatoms. The van der Waals surface area contributed by atoms with Crippen molar-refractivity contribution >= 4 is 27.2 Å². The van der Waals surface area contributed by atoms with E-state index in [1.807, 2.05) is 17.9 Å². The van der Waals surface area contributed by atoms with E-state index in [0.717, 1.165) is 0 Å². The zero-order valence-electron chi connectivity index (χ0n) is 14.8. The van der Waals surface area contributed by atoms with Gasteiger partial charge in [-0.15, -0.1) is 0 Å². The second kappa shape index (κ2) is 7.72. The van der Waals surface area contributed by atoms with Crippen LogP contribution in [0.5, 0.6) is 0 Å². The van der Waals surface area contributed by atoms with Crippen molar-refractivity contribution in [2.45, 2.75) is 19.4 Å². The van der Waals surface area contributed by atoms with Crippen molar-refractivity contribution < 1.29 is 13.2 Å². The third kappa shape index (κ3) is 4.41. The van der Waals surface area contributed by atoms with Crippen LogP contribution in [0.15, 0.2) is 36.7 Å². The molecule has 3 rings (SSSR count). The maximum absolute atomic E-state index is 12.5. The molecule has 1 aliphatic heterocycles. The van der Waals surface area contributed by atoms with Crippen LogP contribution in [0.2, 0.25) is 0 Å². The first-order valence-electron chi connectivity index (χ1n) is 8.52. The first-order chi connectivity index (χ1) is 12.9. The lowest BCUT2D eigenvalue weighted by Gasteiger charge is -2.27. The van der Waals surface area contributed by atoms with E-state index in [1.165, 1.54) is 6.33 Å². The van der Waals surface area contributed by atoms with E-state index in [9.17, 15) is 13.2 Å². The van der Waals surface area contributed by atoms with Gasteiger partial charge in [-0.1, -0.05) is 6.07 Å². The molecule has 8 nitrogen and oxygen atoms in total. The molecule has 1 N–H and O–H groups in total. The van der Waals surface area contributed by atoms with Crippen molar-refractivity contribution in [3.05, 3.63) is 47.9 Å². The van der Waals surface area contributed by atoms with Gasteiger partial charge in [-0.25, -0.2) is 18.4 Å². The quantitative estimate of drug-likeness (QED) is 0.831. The molecule has 27 heavy (non-hydrogen) atoms. The van der Waals surface area contributed by atoms with Crippen LogP contribution in [0.3, 0.4) is 0 Å². The molecule has 2 heterocycles. The Morgan fingerprint density at radius 3 is 2.85 bits per heavy atom. The van der Waals surface area contributed by atoms with E-state index in [4.69, 9.17) is 5.26 Å². The Kier molecular flexibility index (Phi) is 5.37. The number of anilines is 2. The SMILES string of the molecule is CCN(c1cc(C(=O)Nc2cccc(C#N)c2)ncn1)C1CCS(=O)(=O)C1. The summed E-state index contributed by atoms with van der Waals surface area (Å²) in [6.07, 6.45) is 1.84. The minimum Gasteiger partial charge on any atom is -0.353 e. The van der Waals surface area contributed by atoms with Gasteiger partial charge in [-0.3, -0.25) is 4.79 Å². The molecule has 1 aliphatic rings. The lowest BCUT2D eigenvalue weighted by molar-refractivity contribution is 0.102. The third-order valence-electron chi connectivity index (χ3n) is 4.42. The summed E-state index contributed by atoms with van der Waals surface area (Å²) in [4.78, 5) is 22.6. The van der Waals surface area contributed by atoms with Crippen LogP contribution in [0, 0.1) is 11.3 Å². The molecular weight excluding hydrogens is 366 g/mol. The minimum atomic E-state index is -3.02. The molecule has 1 saturated heterocycles. The molecule has 140 valence electrons. The van der Waals surface area contributed by atoms with Gasteiger partial charge < -0.3 is 10.2 Å². The summed E-state index contributed by atoms with van der Waals surface area (Å²) in [5, 5.41) is 11.7. The van der Waals surface area contributed by atoms with Gasteiger partial charge in [0.15, 0.2) is 9.84 Å². The maximum Gasteiger partial charge on any atom is 0.274 e. The fourth-order valence-electron chi connectivity index (χ4n) is 3.12. The summed E-state index contributed by atoms with van der Waals surface area (Å²) in [6.45, 7) is 2.49. The van der Waals surface area contributed by atoms with Crippen LogP contribution < -0.4 is 10.2 Å². The summed E-state index contributed by atoms with van der Waals surface area (Å²) in [7, 11) is -3.02. The summed E-state index contributed by atoms with van der Waals surface area (Å²) >= 11 is 0. The summed E-state index contributed by atoms with van der Waals surface area (Å²) in [5.74, 6) is 0.351. The Bertz CT molecular complexity index is 1000. The zero-order valence-corrected chi connectivity index (χ0v) is 15.6. The molecule has 1 atom stereocenters. The number of rotatable bonds is 5. The normalized spacial score (nSPS) is 17.9. The highest BCUT2D eigenvalue weighted by atomic mass is 32.2. The molecule has 1 amide bonds. The highest BCUT2D eigenvalue weighted by Gasteiger charge is 2.32. The maximum atomic E-state index is 12.5. The summed E-state index contributed by atoms with van der Waals surface area (Å²) < 4.78 is 23.6. The number of aromatic nitrogens is 2. The summed E-state index contributed by atoms with van der Waals surface area (Å²) in [5.41, 5.74) is 1.10. The number of hydrogen-bond acceptors (Lipinski definition) is 7. The number of nitriles is 1. The van der Waals surface area contributed by atoms with Crippen LogP contribution in [0.4, 0.5) is 11.5 Å². The molecule has 2 aromatic rings. The molecule has 0 radical (unpaired) electrons. The van der Waals surface area contributed by atoms with E-state index in [2.05, 4.69) is 15.3 Å². The Morgan fingerprint density at radius 2 is 2.19 bits per heavy atom. The number of sulfone groups is 1. The first kappa shape index (κ1) is 18.8. The van der Waals surface area contributed by atoms with E-state index in [-0.39, 0.29) is 23.2 Å². The molecule has 0 bridgehead atoms. The number of carbonyl (C=O) groups excluding carboxylic acids is 1. The van der Waals surface area contributed by atoms with Gasteiger partial charge in [0.1, 0.15) is 17.8 Å². The van der Waals surface area contributed by atoms with Crippen LogP contribution in [0.25, 0.3) is 0 Å². The topological polar surface area (TPSA) is 116 Å². The number of carbonyl (C=O) groups is 1. The molecule has 1 fully saturated rings. The fourth-order valence-corrected chi connectivity index (χ4v) is 4.85. The number of amides is 1. The van der Waals surface area contributed by atoms with E-state index >= 15 is 0 Å². The highest BCUT2D eigenvalue weighted by Crippen LogP contribution is 2.23. The predicted octanol–water partition coefficient (Wildman–Crippen LogP) is 1.61. The van der Waals surface area contributed by atoms with Crippen molar-refractivity contribution in [3.63, 3.8) is 0 Å². The van der Waals surface area contributed by atoms with Crippen molar-refractivity contribution in [1.29, 1.82) is 5.26 Å². The van der Waals surface area contributed by atoms with Gasteiger partial charge >= 0.3 is 0 Å². The molecule has 1 aromatic carbocycles. The van der Waals surface area contributed by atoms with Crippen LogP contribution >= 0.6 is 0 Å². The standard InChI is InChI=1S/C18H19N5O3S/c1-2-23(15-6-7-27(25,26)11-15)17-9-16(20-12-21-17)18(24)22-14-5-3-4-13(8-14)10-19/h3-5,8-9,12,15H,2,6-7,11H2,1H3,(H,22,24). The Morgan fingerprint density at radius 1 is 1.37 bits per heavy atom. The monoisotopic (exact) mass is 385 g/mol. The molecule has 1 unspecified atom stereocenters. The average Bonchev–Trinajstić information content (AvgIpc) is 3.02. The van der Waals surface area contributed by atoms with Gasteiger partial charge in [0.05, 0.1) is 23.1 Å². The first-order valence-corrected chi connectivity index (χ1v) is 10.3. The van der Waals surface area contributed by atoms with Gasteiger partial charge in [-0.05, 0) is 31.5 Å². The van der Waals surface area contributed by atoms with Gasteiger partial charge in [0.2, 0.25) is 0 Å². The number of nitrogens with zero attached hydrogens (tertiary/aromatic N) is 4. The third-order valence-corrected chi connectivity index (χ3v) is 6.17. The lowest BCUT2D eigenvalue weighted by atomic mass is 10.2. The average molecular weight is 385 g/mol. The lowest BCUT2D eigenvalue weighted by Crippen LogP contribution is -2.37. The number of nitrogens with one attached hydrogen (secondary N) is 1. The zero-order chi connectivity index (χ0) is 19.4. The van der Waals surface area contributed by atoms with Crippen molar-refractivity contribution in [3.8, 4) is 6.07 Å². The van der Waals surface area contributed by atoms with E-state index < -0.39 is 15.7 Å². The van der Waals surface area contributed by atoms with E-state index in [0.29, 0.717) is 30.0 Å². The molecular formula is C18H19N5O3S. The largest absolute Gasteiger partial charge is 0.353 e. The van der Waals surface area contributed by atoms with Crippen molar-refractivity contribution in [1.82, 2.24) is 9.97 Å². The van der Waals surface area contributed by atoms with Crippen LogP contribution in [-0.2, 0) is 9.84 Å². The second-order valence-electron chi connectivity index (χ2n) is 6.25. The Balaban J connectivity index is 1.80. The van der Waals surface area contributed by atoms with Gasteiger partial charge in [0.25, 0.3) is 5.91 Å². The Labute approximate surface area is 157 Å². The van der Waals surface area contributed by atoms with Crippen molar-refractivity contribution in [2.24, 2.45) is 0 Å². The van der Waals surface area contributed by atoms with Gasteiger partial charge in [-0.2, -0.15) is 5.26 Å². The minimum absolute atomic E-state index is 0.0906. The molecule has 0 saturated carbocycles. The van der Waals surface area contributed by atoms with Crippen molar-refractivity contribution in [2.75, 3.05) is 28.3 Å². The predicted molar refractivity (Wildman–Crippen MR) is 101 cm³/mol. The Hall–Kier alpha value is -2.99. The van der Waals surface area contributed by atoms with E-state index in [1.54, 1.807) is 30.3 Å². The summed E-state index contributed by atoms with van der Waals surface area (Å²) in [6, 6.07) is 10.00. The van der Waals surface area contributed by atoms with Crippen LogP contribution in [0.1, 0.15) is 29.4 Å². The fraction of sp³-hybridized carbons (Fsp3) is 0.333. The highest BCUT2D eigenvalue weighted by molar-refractivity contribution is 7.91. The molecule has 0 aliphatic carbocycles. The van der Waals surface area contributed by atoms with Crippen LogP contribution in [-0.4, -0.2) is 48.4 Å². The molecule has 1 aromatic heterocycles. The smallest absolute Gasteiger partial charge is 0.274 e. The molecule has 0 spiro atoms.